The summed E-state index contributed by atoms with van der Waals surface area (Å²) < 4.78 is 0. The van der Waals surface area contributed by atoms with Crippen molar-refractivity contribution in [3.8, 4) is 0 Å². The number of ketones is 1. The molecule has 1 aliphatic heterocycles. The predicted molar refractivity (Wildman–Crippen MR) is 129 cm³/mol. The molecule has 0 aromatic heterocycles. The molecule has 0 spiro atoms. The van der Waals surface area contributed by atoms with Gasteiger partial charge in [0.2, 0.25) is 0 Å². The number of nitrogens with zero attached hydrogens (tertiary/aromatic N) is 3. The molecule has 4 aliphatic carbocycles. The Hall–Kier alpha value is -1.47. The average Bonchev–Trinajstić information content (AvgIpc) is 3.34. The topological polar surface area (TPSA) is 75.5 Å². The largest absolute Gasteiger partial charge is 0.396 e. The molecule has 4 fully saturated rings. The number of likely N-dealkylation sites (N-methyl/N-ethyl adjacent to an activating group) is 1. The lowest BCUT2D eigenvalue weighted by atomic mass is 9.45. The van der Waals surface area contributed by atoms with Gasteiger partial charge in [0.05, 0.1) is 12.3 Å². The first kappa shape index (κ1) is 23.3. The molecule has 5 rings (SSSR count). The van der Waals surface area contributed by atoms with E-state index < -0.39 is 0 Å². The Morgan fingerprint density at radius 1 is 1.15 bits per heavy atom. The number of rotatable bonds is 6. The number of hydroxylamine groups is 1. The third-order valence-corrected chi connectivity index (χ3v) is 9.94. The highest BCUT2D eigenvalue weighted by Gasteiger charge is 2.60. The van der Waals surface area contributed by atoms with Gasteiger partial charge in [0, 0.05) is 18.3 Å². The number of fused-ring (bicyclic) bond motifs is 5. The van der Waals surface area contributed by atoms with Gasteiger partial charge in [0.25, 0.3) is 0 Å². The first-order valence-electron chi connectivity index (χ1n) is 13.1. The second-order valence-corrected chi connectivity index (χ2v) is 12.0. The summed E-state index contributed by atoms with van der Waals surface area (Å²) in [5.74, 6) is 4.29. The standard InChI is InChI=1S/C26H42N4O3/c1-25-12-9-18(28-32-14-11-24-27-23(29-33-24)16-30(3)4)15-17(25)5-6-19-20-7-8-22(31)26(20,2)13-10-21(19)25/h17,19-21,24H,5-16H2,1-4H3,(H,27,29). The molecule has 0 amide bonds. The first-order valence-corrected chi connectivity index (χ1v) is 13.1. The summed E-state index contributed by atoms with van der Waals surface area (Å²) >= 11 is 0. The number of oxime groups is 1. The number of carbonyl (C=O) groups is 1. The zero-order valence-electron chi connectivity index (χ0n) is 20.9. The lowest BCUT2D eigenvalue weighted by Crippen LogP contribution is -2.53. The van der Waals surface area contributed by atoms with Crippen molar-refractivity contribution in [3.05, 3.63) is 0 Å². The minimum atomic E-state index is -0.190. The maximum absolute atomic E-state index is 12.6. The number of amidine groups is 1. The fourth-order valence-electron chi connectivity index (χ4n) is 8.06. The number of hydrogen-bond acceptors (Lipinski definition) is 7. The van der Waals surface area contributed by atoms with E-state index in [1.807, 2.05) is 14.1 Å². The van der Waals surface area contributed by atoms with Crippen LogP contribution in [0.1, 0.15) is 78.1 Å². The second-order valence-electron chi connectivity index (χ2n) is 12.0. The van der Waals surface area contributed by atoms with Crippen LogP contribution in [-0.4, -0.2) is 55.7 Å². The van der Waals surface area contributed by atoms with Gasteiger partial charge < -0.3 is 9.74 Å². The predicted octanol–water partition coefficient (Wildman–Crippen LogP) is 4.18. The number of carbonyl (C=O) groups excluding carboxylic acids is 1. The van der Waals surface area contributed by atoms with Crippen molar-refractivity contribution < 1.29 is 14.5 Å². The molecule has 0 bridgehead atoms. The normalized spacial score (nSPS) is 43.7. The maximum atomic E-state index is 12.6. The van der Waals surface area contributed by atoms with Gasteiger partial charge in [0.15, 0.2) is 6.23 Å². The molecule has 7 atom stereocenters. The minimum absolute atomic E-state index is 0.0185. The van der Waals surface area contributed by atoms with Crippen molar-refractivity contribution >= 4 is 17.3 Å². The van der Waals surface area contributed by atoms with Gasteiger partial charge in [-0.25, -0.2) is 15.3 Å². The molecule has 184 valence electrons. The summed E-state index contributed by atoms with van der Waals surface area (Å²) in [6, 6.07) is 0. The fourth-order valence-corrected chi connectivity index (χ4v) is 8.06. The Morgan fingerprint density at radius 2 is 2.00 bits per heavy atom. The van der Waals surface area contributed by atoms with Crippen LogP contribution in [0.25, 0.3) is 0 Å². The van der Waals surface area contributed by atoms with E-state index in [1.54, 1.807) is 0 Å². The number of hydrogen-bond donors (Lipinski definition) is 1. The number of aliphatic imine (C=N–C) groups is 1. The minimum Gasteiger partial charge on any atom is -0.396 e. The summed E-state index contributed by atoms with van der Waals surface area (Å²) in [4.78, 5) is 30.4. The summed E-state index contributed by atoms with van der Waals surface area (Å²) in [5.41, 5.74) is 4.51. The van der Waals surface area contributed by atoms with E-state index in [-0.39, 0.29) is 11.6 Å². The summed E-state index contributed by atoms with van der Waals surface area (Å²) in [5, 5.41) is 4.55. The van der Waals surface area contributed by atoms with E-state index >= 15 is 0 Å². The average molecular weight is 459 g/mol. The van der Waals surface area contributed by atoms with Crippen LogP contribution < -0.4 is 5.48 Å². The van der Waals surface area contributed by atoms with Crippen molar-refractivity contribution in [3.63, 3.8) is 0 Å². The molecular weight excluding hydrogens is 416 g/mol. The van der Waals surface area contributed by atoms with Gasteiger partial charge in [-0.1, -0.05) is 19.0 Å². The Morgan fingerprint density at radius 3 is 2.82 bits per heavy atom. The molecule has 33 heavy (non-hydrogen) atoms. The monoisotopic (exact) mass is 458 g/mol. The van der Waals surface area contributed by atoms with Crippen molar-refractivity contribution in [1.29, 1.82) is 0 Å². The van der Waals surface area contributed by atoms with Crippen molar-refractivity contribution in [2.75, 3.05) is 27.2 Å². The molecule has 1 N–H and O–H groups in total. The van der Waals surface area contributed by atoms with Gasteiger partial charge in [-0.3, -0.25) is 4.79 Å². The molecule has 7 unspecified atom stereocenters. The third-order valence-electron chi connectivity index (χ3n) is 9.94. The van der Waals surface area contributed by atoms with E-state index in [0.717, 1.165) is 56.3 Å². The maximum Gasteiger partial charge on any atom is 0.180 e. The third kappa shape index (κ3) is 4.24. The quantitative estimate of drug-likeness (QED) is 0.477. The van der Waals surface area contributed by atoms with Crippen LogP contribution in [0.2, 0.25) is 0 Å². The smallest absolute Gasteiger partial charge is 0.180 e. The van der Waals surface area contributed by atoms with Crippen LogP contribution in [0.5, 0.6) is 0 Å². The van der Waals surface area contributed by atoms with Crippen LogP contribution in [0.4, 0.5) is 0 Å². The summed E-state index contributed by atoms with van der Waals surface area (Å²) in [6.07, 6.45) is 10.7. The molecule has 5 aliphatic rings. The summed E-state index contributed by atoms with van der Waals surface area (Å²) in [6.45, 7) is 6.11. The fraction of sp³-hybridized carbons (Fsp3) is 0.885. The highest BCUT2D eigenvalue weighted by atomic mass is 16.7. The van der Waals surface area contributed by atoms with Crippen molar-refractivity contribution in [1.82, 2.24) is 10.4 Å². The second kappa shape index (κ2) is 8.95. The van der Waals surface area contributed by atoms with Crippen molar-refractivity contribution in [2.45, 2.75) is 84.3 Å². The van der Waals surface area contributed by atoms with Gasteiger partial charge >= 0.3 is 0 Å². The molecule has 1 heterocycles. The highest BCUT2D eigenvalue weighted by molar-refractivity contribution is 5.87. The molecule has 7 nitrogen and oxygen atoms in total. The first-order chi connectivity index (χ1) is 15.8. The van der Waals surface area contributed by atoms with Gasteiger partial charge in [-0.2, -0.15) is 0 Å². The Kier molecular flexibility index (Phi) is 6.32. The molecule has 0 aromatic carbocycles. The number of nitrogens with one attached hydrogen (secondary N) is 1. The van der Waals surface area contributed by atoms with Gasteiger partial charge in [-0.15, -0.1) is 0 Å². The molecule has 0 aromatic rings. The Bertz CT molecular complexity index is 826. The lowest BCUT2D eigenvalue weighted by Gasteiger charge is -2.59. The zero-order chi connectivity index (χ0) is 23.2. The van der Waals surface area contributed by atoms with Crippen LogP contribution in [-0.2, 0) is 14.5 Å². The van der Waals surface area contributed by atoms with Crippen molar-refractivity contribution in [2.24, 2.45) is 44.6 Å². The summed E-state index contributed by atoms with van der Waals surface area (Å²) in [7, 11) is 4.03. The van der Waals surface area contributed by atoms with E-state index in [0.29, 0.717) is 36.1 Å². The van der Waals surface area contributed by atoms with Gasteiger partial charge in [0.1, 0.15) is 18.2 Å². The van der Waals surface area contributed by atoms with Crippen LogP contribution >= 0.6 is 0 Å². The molecule has 0 radical (unpaired) electrons. The van der Waals surface area contributed by atoms with E-state index in [9.17, 15) is 4.79 Å². The molecule has 4 saturated carbocycles. The highest BCUT2D eigenvalue weighted by Crippen LogP contribution is 2.65. The van der Waals surface area contributed by atoms with E-state index in [2.05, 4.69) is 34.4 Å². The van der Waals surface area contributed by atoms with E-state index in [1.165, 1.54) is 31.4 Å². The van der Waals surface area contributed by atoms with E-state index in [4.69, 9.17) is 9.68 Å². The lowest BCUT2D eigenvalue weighted by molar-refractivity contribution is -0.137. The molecular formula is C26H42N4O3. The van der Waals surface area contributed by atoms with Crippen LogP contribution in [0, 0.1) is 34.5 Å². The zero-order valence-corrected chi connectivity index (χ0v) is 20.9. The molecule has 7 heteroatoms. The number of Topliss-reactive ketones (excluding diaryl/α,β-unsaturated/α-hetero) is 1. The SMILES string of the molecule is CN(C)CC1=NC(CCON=C2CCC3(C)C(CCC4C5CCC(=O)C5(C)CCC43)C2)ON1. The Balaban J connectivity index is 1.14. The van der Waals surface area contributed by atoms with Crippen LogP contribution in [0.3, 0.4) is 0 Å². The van der Waals surface area contributed by atoms with Crippen LogP contribution in [0.15, 0.2) is 10.1 Å². The molecule has 0 saturated heterocycles. The Labute approximate surface area is 198 Å². The van der Waals surface area contributed by atoms with Gasteiger partial charge in [-0.05, 0) is 94.5 Å².